The lowest BCUT2D eigenvalue weighted by Gasteiger charge is -2.29. The number of hydrogen-bond acceptors (Lipinski definition) is 5. The molecule has 1 aromatic carbocycles. The van der Waals surface area contributed by atoms with Crippen LogP contribution in [0.5, 0.6) is 11.5 Å². The van der Waals surface area contributed by atoms with E-state index in [-0.39, 0.29) is 12.7 Å². The summed E-state index contributed by atoms with van der Waals surface area (Å²) in [5.74, 6) is 2.20. The number of imidazole rings is 1. The molecular weight excluding hydrogens is 372 g/mol. The highest BCUT2D eigenvalue weighted by Crippen LogP contribution is 2.39. The third-order valence-corrected chi connectivity index (χ3v) is 5.37. The summed E-state index contributed by atoms with van der Waals surface area (Å²) in [5.41, 5.74) is 3.25. The lowest BCUT2D eigenvalue weighted by Crippen LogP contribution is -2.38. The fourth-order valence-corrected chi connectivity index (χ4v) is 3.91. The first kappa shape index (κ1) is 17.5. The number of rotatable bonds is 3. The molecule has 1 atom stereocenters. The Bertz CT molecular complexity index is 1050. The van der Waals surface area contributed by atoms with Crippen molar-refractivity contribution in [3.05, 3.63) is 48.4 Å². The van der Waals surface area contributed by atoms with E-state index in [4.69, 9.17) is 14.5 Å². The van der Waals surface area contributed by atoms with Crippen molar-refractivity contribution in [2.24, 2.45) is 0 Å². The van der Waals surface area contributed by atoms with Crippen molar-refractivity contribution in [3.8, 4) is 34.1 Å². The molecule has 5 rings (SSSR count). The van der Waals surface area contributed by atoms with Gasteiger partial charge in [-0.05, 0) is 43.2 Å². The molecule has 3 aromatic rings. The Hall–Kier alpha value is -3.55. The smallest absolute Gasteiger partial charge is 0.407 e. The number of benzene rings is 1. The molecule has 148 valence electrons. The summed E-state index contributed by atoms with van der Waals surface area (Å²) in [4.78, 5) is 25.7. The average Bonchev–Trinajstić information content (AvgIpc) is 3.41. The average molecular weight is 392 g/mol. The summed E-state index contributed by atoms with van der Waals surface area (Å²) in [6.45, 7) is 1.21. The van der Waals surface area contributed by atoms with Crippen LogP contribution in [0.15, 0.2) is 42.6 Å². The number of nitrogens with zero attached hydrogens (tertiary/aromatic N) is 3. The molecule has 8 nitrogen and oxygen atoms in total. The molecule has 1 amide bonds. The maximum absolute atomic E-state index is 11.4. The van der Waals surface area contributed by atoms with Gasteiger partial charge in [0.05, 0.1) is 17.1 Å². The summed E-state index contributed by atoms with van der Waals surface area (Å²) in [7, 11) is 0. The quantitative estimate of drug-likeness (QED) is 0.704. The summed E-state index contributed by atoms with van der Waals surface area (Å²) in [6.07, 6.45) is 2.56. The molecule has 1 saturated heterocycles. The number of carbonyl (C=O) groups is 1. The van der Waals surface area contributed by atoms with Crippen molar-refractivity contribution in [1.82, 2.24) is 19.9 Å². The fourth-order valence-electron chi connectivity index (χ4n) is 3.91. The monoisotopic (exact) mass is 392 g/mol. The Morgan fingerprint density at radius 1 is 1.21 bits per heavy atom. The first-order valence-corrected chi connectivity index (χ1v) is 9.58. The number of hydrogen-bond donors (Lipinski definition) is 2. The highest BCUT2D eigenvalue weighted by Gasteiger charge is 2.28. The molecule has 0 saturated carbocycles. The lowest BCUT2D eigenvalue weighted by molar-refractivity contribution is 0.129. The van der Waals surface area contributed by atoms with E-state index in [1.807, 2.05) is 36.4 Å². The zero-order valence-electron chi connectivity index (χ0n) is 15.7. The molecule has 2 aromatic heterocycles. The first-order chi connectivity index (χ1) is 14.2. The van der Waals surface area contributed by atoms with Gasteiger partial charge >= 0.3 is 6.09 Å². The Morgan fingerprint density at radius 3 is 2.93 bits per heavy atom. The molecule has 0 aliphatic carbocycles. The second-order valence-corrected chi connectivity index (χ2v) is 7.20. The van der Waals surface area contributed by atoms with Gasteiger partial charge in [-0.15, -0.1) is 0 Å². The van der Waals surface area contributed by atoms with Gasteiger partial charge in [0, 0.05) is 30.8 Å². The zero-order chi connectivity index (χ0) is 19.8. The minimum absolute atomic E-state index is 0.0186. The maximum atomic E-state index is 11.4. The zero-order valence-corrected chi connectivity index (χ0v) is 15.7. The van der Waals surface area contributed by atoms with E-state index < -0.39 is 6.09 Å². The Kier molecular flexibility index (Phi) is 4.31. The SMILES string of the molecule is O=C(O)N1CCCC(c2nc(-c3ccc4c(c3)OCO4)c(-c3ccccn3)[nH]2)C1. The molecule has 2 N–H and O–H groups in total. The van der Waals surface area contributed by atoms with Crippen LogP contribution in [0.1, 0.15) is 24.6 Å². The van der Waals surface area contributed by atoms with Gasteiger partial charge in [-0.25, -0.2) is 9.78 Å². The van der Waals surface area contributed by atoms with Gasteiger partial charge in [0.25, 0.3) is 0 Å². The van der Waals surface area contributed by atoms with Crippen LogP contribution in [0.2, 0.25) is 0 Å². The number of pyridine rings is 1. The largest absolute Gasteiger partial charge is 0.465 e. The van der Waals surface area contributed by atoms with Crippen molar-refractivity contribution in [1.29, 1.82) is 0 Å². The van der Waals surface area contributed by atoms with Gasteiger partial charge in [0.15, 0.2) is 11.5 Å². The molecule has 0 bridgehead atoms. The van der Waals surface area contributed by atoms with Crippen molar-refractivity contribution in [3.63, 3.8) is 0 Å². The number of fused-ring (bicyclic) bond motifs is 1. The van der Waals surface area contributed by atoms with E-state index in [1.165, 1.54) is 4.90 Å². The molecular formula is C21H20N4O4. The minimum atomic E-state index is -0.887. The van der Waals surface area contributed by atoms with Crippen LogP contribution in [0, 0.1) is 0 Å². The Labute approximate surface area is 167 Å². The number of carboxylic acid groups (broad SMARTS) is 1. The molecule has 29 heavy (non-hydrogen) atoms. The number of aromatic nitrogens is 3. The van der Waals surface area contributed by atoms with Crippen molar-refractivity contribution in [2.75, 3.05) is 19.9 Å². The normalized spacial score (nSPS) is 18.1. The Morgan fingerprint density at radius 2 is 2.10 bits per heavy atom. The fraction of sp³-hybridized carbons (Fsp3) is 0.286. The second-order valence-electron chi connectivity index (χ2n) is 7.20. The molecule has 0 radical (unpaired) electrons. The molecule has 1 unspecified atom stereocenters. The van der Waals surface area contributed by atoms with Gasteiger partial charge in [0.1, 0.15) is 5.82 Å². The summed E-state index contributed by atoms with van der Waals surface area (Å²) in [5, 5.41) is 9.37. The number of ether oxygens (including phenoxy) is 2. The van der Waals surface area contributed by atoms with Crippen LogP contribution < -0.4 is 9.47 Å². The third kappa shape index (κ3) is 3.26. The summed E-state index contributed by atoms with van der Waals surface area (Å²) >= 11 is 0. The lowest BCUT2D eigenvalue weighted by atomic mass is 9.98. The second kappa shape index (κ2) is 7.12. The number of H-pyrrole nitrogens is 1. The van der Waals surface area contributed by atoms with Crippen molar-refractivity contribution in [2.45, 2.75) is 18.8 Å². The van der Waals surface area contributed by atoms with Crippen LogP contribution in [-0.4, -0.2) is 50.9 Å². The molecule has 0 spiro atoms. The maximum Gasteiger partial charge on any atom is 0.407 e. The molecule has 2 aliphatic rings. The van der Waals surface area contributed by atoms with Crippen LogP contribution in [0.3, 0.4) is 0 Å². The van der Waals surface area contributed by atoms with Crippen molar-refractivity contribution < 1.29 is 19.4 Å². The van der Waals surface area contributed by atoms with E-state index in [9.17, 15) is 9.90 Å². The predicted octanol–water partition coefficient (Wildman–Crippen LogP) is 3.72. The Balaban J connectivity index is 1.57. The van der Waals surface area contributed by atoms with Gasteiger partial charge in [-0.2, -0.15) is 0 Å². The summed E-state index contributed by atoms with van der Waals surface area (Å²) in [6, 6.07) is 11.5. The van der Waals surface area contributed by atoms with E-state index in [1.54, 1.807) is 6.20 Å². The van der Waals surface area contributed by atoms with Gasteiger partial charge in [-0.1, -0.05) is 6.07 Å². The number of aromatic amines is 1. The highest BCUT2D eigenvalue weighted by atomic mass is 16.7. The number of piperidine rings is 1. The number of nitrogens with one attached hydrogen (secondary N) is 1. The van der Waals surface area contributed by atoms with Gasteiger partial charge in [-0.3, -0.25) is 4.98 Å². The van der Waals surface area contributed by atoms with Crippen molar-refractivity contribution >= 4 is 6.09 Å². The number of likely N-dealkylation sites (tertiary alicyclic amines) is 1. The standard InChI is InChI=1S/C21H20N4O4/c26-21(27)25-9-3-4-14(11-25)20-23-18(19(24-20)15-5-1-2-8-22-15)13-6-7-16-17(10-13)29-12-28-16/h1-2,5-8,10,14H,3-4,9,11-12H2,(H,23,24)(H,26,27). The van der Waals surface area contributed by atoms with E-state index in [0.717, 1.165) is 41.3 Å². The predicted molar refractivity (Wildman–Crippen MR) is 105 cm³/mol. The van der Waals surface area contributed by atoms with Crippen LogP contribution in [0.4, 0.5) is 4.79 Å². The molecule has 2 aliphatic heterocycles. The van der Waals surface area contributed by atoms with Gasteiger partial charge < -0.3 is 24.5 Å². The van der Waals surface area contributed by atoms with E-state index >= 15 is 0 Å². The number of amides is 1. The highest BCUT2D eigenvalue weighted by molar-refractivity contribution is 5.78. The van der Waals surface area contributed by atoms with Crippen LogP contribution >= 0.6 is 0 Å². The van der Waals surface area contributed by atoms with E-state index in [2.05, 4.69) is 9.97 Å². The third-order valence-electron chi connectivity index (χ3n) is 5.37. The molecule has 4 heterocycles. The van der Waals surface area contributed by atoms with Crippen LogP contribution in [-0.2, 0) is 0 Å². The molecule has 1 fully saturated rings. The summed E-state index contributed by atoms with van der Waals surface area (Å²) < 4.78 is 10.9. The van der Waals surface area contributed by atoms with Gasteiger partial charge in [0.2, 0.25) is 6.79 Å². The first-order valence-electron chi connectivity index (χ1n) is 9.58. The minimum Gasteiger partial charge on any atom is -0.465 e. The van der Waals surface area contributed by atoms with E-state index in [0.29, 0.717) is 24.6 Å². The topological polar surface area (TPSA) is 101 Å². The van der Waals surface area contributed by atoms with Crippen LogP contribution in [0.25, 0.3) is 22.6 Å². The molecule has 8 heteroatoms.